The molecular weight excluding hydrogens is 412 g/mol. The third kappa shape index (κ3) is 6.28. The molecule has 1 heterocycles. The Morgan fingerprint density at radius 2 is 1.61 bits per heavy atom. The zero-order valence-corrected chi connectivity index (χ0v) is 20.3. The van der Waals surface area contributed by atoms with E-state index in [2.05, 4.69) is 57.1 Å². The van der Waals surface area contributed by atoms with Gasteiger partial charge in [0.15, 0.2) is 12.4 Å². The lowest BCUT2D eigenvalue weighted by Gasteiger charge is -2.18. The molecule has 0 amide bonds. The lowest BCUT2D eigenvalue weighted by molar-refractivity contribution is -0.136. The Hall–Kier alpha value is -3.47. The van der Waals surface area contributed by atoms with Gasteiger partial charge in [-0.3, -0.25) is 9.48 Å². The Morgan fingerprint density at radius 3 is 2.21 bits per heavy atom. The zero-order chi connectivity index (χ0) is 24.2. The SMILES string of the molecule is Cc1ccc(Cn2nc(C)c(/C=C/C(=O)OCC(=O)c3ccc(C(C)(C)C)cc3)c2C)cc1. The molecule has 0 fully saturated rings. The Bertz CT molecular complexity index is 1160. The molecule has 33 heavy (non-hydrogen) atoms. The van der Waals surface area contributed by atoms with Crippen LogP contribution in [0.2, 0.25) is 0 Å². The first-order valence-electron chi connectivity index (χ1n) is 11.1. The Morgan fingerprint density at radius 1 is 0.970 bits per heavy atom. The molecule has 0 aliphatic heterocycles. The van der Waals surface area contributed by atoms with Gasteiger partial charge >= 0.3 is 5.97 Å². The molecule has 3 aromatic rings. The van der Waals surface area contributed by atoms with Crippen LogP contribution in [0.15, 0.2) is 54.6 Å². The van der Waals surface area contributed by atoms with Crippen LogP contribution in [-0.2, 0) is 21.5 Å². The maximum Gasteiger partial charge on any atom is 0.331 e. The van der Waals surface area contributed by atoms with Crippen molar-refractivity contribution in [2.45, 2.75) is 53.5 Å². The number of carbonyl (C=O) groups excluding carboxylic acids is 2. The van der Waals surface area contributed by atoms with Crippen LogP contribution >= 0.6 is 0 Å². The summed E-state index contributed by atoms with van der Waals surface area (Å²) in [6.45, 7) is 12.7. The van der Waals surface area contributed by atoms with Gasteiger partial charge in [0.05, 0.1) is 12.2 Å². The number of hydrogen-bond acceptors (Lipinski definition) is 4. The minimum atomic E-state index is -0.556. The number of nitrogens with zero attached hydrogens (tertiary/aromatic N) is 2. The predicted octanol–water partition coefficient (Wildman–Crippen LogP) is 5.59. The molecule has 2 aromatic carbocycles. The summed E-state index contributed by atoms with van der Waals surface area (Å²) in [5.41, 5.74) is 6.75. The molecule has 0 saturated carbocycles. The average Bonchev–Trinajstić information content (AvgIpc) is 3.04. The summed E-state index contributed by atoms with van der Waals surface area (Å²) in [5, 5.41) is 4.60. The van der Waals surface area contributed by atoms with E-state index in [4.69, 9.17) is 4.74 Å². The molecule has 0 bridgehead atoms. The molecule has 0 atom stereocenters. The van der Waals surface area contributed by atoms with Crippen molar-refractivity contribution in [1.82, 2.24) is 9.78 Å². The van der Waals surface area contributed by atoms with E-state index < -0.39 is 5.97 Å². The summed E-state index contributed by atoms with van der Waals surface area (Å²) in [4.78, 5) is 24.6. The molecule has 0 radical (unpaired) electrons. The van der Waals surface area contributed by atoms with Crippen molar-refractivity contribution in [2.24, 2.45) is 0 Å². The van der Waals surface area contributed by atoms with Gasteiger partial charge in [-0.25, -0.2) is 4.79 Å². The number of Topliss-reactive ketones (excluding diaryl/α,β-unsaturated/α-hetero) is 1. The molecule has 0 saturated heterocycles. The number of aryl methyl sites for hydroxylation is 2. The lowest BCUT2D eigenvalue weighted by atomic mass is 9.86. The molecule has 0 spiro atoms. The molecule has 5 heteroatoms. The fourth-order valence-corrected chi connectivity index (χ4v) is 3.55. The van der Waals surface area contributed by atoms with Crippen molar-refractivity contribution in [3.63, 3.8) is 0 Å². The average molecular weight is 445 g/mol. The third-order valence-electron chi connectivity index (χ3n) is 5.69. The van der Waals surface area contributed by atoms with Crippen LogP contribution in [0.25, 0.3) is 6.08 Å². The number of ether oxygens (including phenoxy) is 1. The van der Waals surface area contributed by atoms with Gasteiger partial charge in [0.25, 0.3) is 0 Å². The highest BCUT2D eigenvalue weighted by Crippen LogP contribution is 2.22. The quantitative estimate of drug-likeness (QED) is 0.271. The molecule has 172 valence electrons. The predicted molar refractivity (Wildman–Crippen MR) is 131 cm³/mol. The van der Waals surface area contributed by atoms with Crippen LogP contribution in [0.3, 0.4) is 0 Å². The first kappa shape index (κ1) is 24.2. The standard InChI is InChI=1S/C28H32N2O3/c1-19-7-9-22(10-8-19)17-30-21(3)25(20(2)29-30)15-16-27(32)33-18-26(31)23-11-13-24(14-12-23)28(4,5)6/h7-16H,17-18H2,1-6H3/b16-15+. The van der Waals surface area contributed by atoms with Gasteiger partial charge in [-0.05, 0) is 43.4 Å². The van der Waals surface area contributed by atoms with E-state index in [9.17, 15) is 9.59 Å². The maximum atomic E-state index is 12.4. The number of carbonyl (C=O) groups is 2. The molecule has 0 unspecified atom stereocenters. The van der Waals surface area contributed by atoms with E-state index in [1.807, 2.05) is 30.7 Å². The smallest absolute Gasteiger partial charge is 0.331 e. The maximum absolute atomic E-state index is 12.4. The molecule has 5 nitrogen and oxygen atoms in total. The van der Waals surface area contributed by atoms with Gasteiger partial charge in [0.1, 0.15) is 0 Å². The van der Waals surface area contributed by atoms with Crippen molar-refractivity contribution in [3.05, 3.63) is 93.8 Å². The molecule has 0 aliphatic rings. The van der Waals surface area contributed by atoms with Crippen LogP contribution in [0.4, 0.5) is 0 Å². The fourth-order valence-electron chi connectivity index (χ4n) is 3.55. The van der Waals surface area contributed by atoms with Gasteiger partial charge in [-0.15, -0.1) is 0 Å². The van der Waals surface area contributed by atoms with Crippen LogP contribution in [0, 0.1) is 20.8 Å². The molecule has 0 N–H and O–H groups in total. The van der Waals surface area contributed by atoms with Gasteiger partial charge in [0, 0.05) is 22.9 Å². The Kier molecular flexibility index (Phi) is 7.32. The second kappa shape index (κ2) is 9.99. The highest BCUT2D eigenvalue weighted by molar-refractivity contribution is 5.99. The first-order chi connectivity index (χ1) is 15.5. The number of ketones is 1. The van der Waals surface area contributed by atoms with Crippen LogP contribution in [0.5, 0.6) is 0 Å². The van der Waals surface area contributed by atoms with E-state index in [1.165, 1.54) is 11.6 Å². The highest BCUT2D eigenvalue weighted by atomic mass is 16.5. The van der Waals surface area contributed by atoms with Crippen molar-refractivity contribution >= 4 is 17.8 Å². The van der Waals surface area contributed by atoms with E-state index in [-0.39, 0.29) is 17.8 Å². The normalized spacial score (nSPS) is 11.7. The van der Waals surface area contributed by atoms with Gasteiger partial charge < -0.3 is 4.74 Å². The number of hydrogen-bond donors (Lipinski definition) is 0. The van der Waals surface area contributed by atoms with Gasteiger partial charge in [-0.1, -0.05) is 74.9 Å². The highest BCUT2D eigenvalue weighted by Gasteiger charge is 2.15. The number of benzene rings is 2. The summed E-state index contributed by atoms with van der Waals surface area (Å²) in [6, 6.07) is 15.8. The number of rotatable bonds is 7. The molecular formula is C28H32N2O3. The zero-order valence-electron chi connectivity index (χ0n) is 20.3. The van der Waals surface area contributed by atoms with E-state index in [0.29, 0.717) is 12.1 Å². The third-order valence-corrected chi connectivity index (χ3v) is 5.69. The number of aromatic nitrogens is 2. The topological polar surface area (TPSA) is 61.2 Å². The van der Waals surface area contributed by atoms with Gasteiger partial charge in [0.2, 0.25) is 0 Å². The summed E-state index contributed by atoms with van der Waals surface area (Å²) >= 11 is 0. The summed E-state index contributed by atoms with van der Waals surface area (Å²) in [7, 11) is 0. The summed E-state index contributed by atoms with van der Waals surface area (Å²) in [6.07, 6.45) is 3.05. The van der Waals surface area contributed by atoms with Crippen molar-refractivity contribution in [1.29, 1.82) is 0 Å². The van der Waals surface area contributed by atoms with Crippen LogP contribution in [0.1, 0.15) is 64.8 Å². The molecule has 3 rings (SSSR count). The van der Waals surface area contributed by atoms with E-state index >= 15 is 0 Å². The van der Waals surface area contributed by atoms with E-state index in [1.54, 1.807) is 18.2 Å². The Labute approximate surface area is 196 Å². The fraction of sp³-hybridized carbons (Fsp3) is 0.321. The molecule has 1 aromatic heterocycles. The van der Waals surface area contributed by atoms with Crippen molar-refractivity contribution in [2.75, 3.05) is 6.61 Å². The largest absolute Gasteiger partial charge is 0.454 e. The second-order valence-corrected chi connectivity index (χ2v) is 9.42. The first-order valence-corrected chi connectivity index (χ1v) is 11.1. The number of esters is 1. The van der Waals surface area contributed by atoms with Crippen LogP contribution < -0.4 is 0 Å². The van der Waals surface area contributed by atoms with Crippen LogP contribution in [-0.4, -0.2) is 28.1 Å². The van der Waals surface area contributed by atoms with Crippen molar-refractivity contribution in [3.8, 4) is 0 Å². The van der Waals surface area contributed by atoms with Crippen molar-refractivity contribution < 1.29 is 14.3 Å². The second-order valence-electron chi connectivity index (χ2n) is 9.42. The monoisotopic (exact) mass is 444 g/mol. The minimum absolute atomic E-state index is 0.0169. The molecule has 0 aliphatic carbocycles. The summed E-state index contributed by atoms with van der Waals surface area (Å²) in [5.74, 6) is -0.782. The lowest BCUT2D eigenvalue weighted by Crippen LogP contribution is -2.14. The summed E-state index contributed by atoms with van der Waals surface area (Å²) < 4.78 is 7.09. The van der Waals surface area contributed by atoms with E-state index in [0.717, 1.165) is 28.1 Å². The van der Waals surface area contributed by atoms with Gasteiger partial charge in [-0.2, -0.15) is 5.10 Å². The Balaban J connectivity index is 1.59. The minimum Gasteiger partial charge on any atom is -0.454 e.